The Morgan fingerprint density at radius 2 is 2.05 bits per heavy atom. The van der Waals surface area contributed by atoms with E-state index in [4.69, 9.17) is 10.5 Å². The Morgan fingerprint density at radius 1 is 1.38 bits per heavy atom. The molecule has 1 heterocycles. The average molecular weight is 295 g/mol. The third-order valence-corrected chi connectivity index (χ3v) is 3.10. The fourth-order valence-corrected chi connectivity index (χ4v) is 2.12. The molecule has 6 heteroatoms. The molecular formula is C15H25N3O3. The van der Waals surface area contributed by atoms with Gasteiger partial charge in [0.05, 0.1) is 5.69 Å². The van der Waals surface area contributed by atoms with Gasteiger partial charge in [0.1, 0.15) is 5.69 Å². The van der Waals surface area contributed by atoms with Crippen molar-refractivity contribution in [2.24, 2.45) is 0 Å². The molecule has 0 aromatic carbocycles. The summed E-state index contributed by atoms with van der Waals surface area (Å²) >= 11 is 0. The van der Waals surface area contributed by atoms with Gasteiger partial charge in [0.25, 0.3) is 5.91 Å². The van der Waals surface area contributed by atoms with Gasteiger partial charge in [-0.15, -0.1) is 0 Å². The smallest absolute Gasteiger partial charge is 0.355 e. The second kappa shape index (κ2) is 7.71. The molecule has 1 rings (SSSR count). The maximum Gasteiger partial charge on any atom is 0.355 e. The van der Waals surface area contributed by atoms with Crippen LogP contribution in [0, 0.1) is 0 Å². The van der Waals surface area contributed by atoms with E-state index in [9.17, 15) is 9.59 Å². The lowest BCUT2D eigenvalue weighted by Crippen LogP contribution is -2.35. The van der Waals surface area contributed by atoms with E-state index in [2.05, 4.69) is 5.32 Å². The van der Waals surface area contributed by atoms with Gasteiger partial charge in [-0.05, 0) is 33.3 Å². The molecule has 6 nitrogen and oxygen atoms in total. The Bertz CT molecular complexity index is 494. The predicted molar refractivity (Wildman–Crippen MR) is 82.0 cm³/mol. The fraction of sp³-hybridized carbons (Fsp3) is 0.600. The first-order valence-corrected chi connectivity index (χ1v) is 7.29. The van der Waals surface area contributed by atoms with Crippen molar-refractivity contribution in [2.45, 2.75) is 52.6 Å². The van der Waals surface area contributed by atoms with Crippen LogP contribution < -0.4 is 11.1 Å². The number of nitrogen functional groups attached to an aromatic ring is 1. The maximum atomic E-state index is 12.0. The van der Waals surface area contributed by atoms with Gasteiger partial charge in [0.2, 0.25) is 0 Å². The van der Waals surface area contributed by atoms with Crippen LogP contribution in [-0.4, -0.2) is 29.1 Å². The molecule has 3 N–H and O–H groups in total. The van der Waals surface area contributed by atoms with Crippen LogP contribution in [0.4, 0.5) is 5.69 Å². The zero-order valence-corrected chi connectivity index (χ0v) is 13.2. The summed E-state index contributed by atoms with van der Waals surface area (Å²) in [5, 5.41) is 2.78. The SMILES string of the molecule is CCCC(C)NC(=O)COC(=O)c1cc(N)cn1C(C)C. The van der Waals surface area contributed by atoms with E-state index in [1.54, 1.807) is 16.8 Å². The molecular weight excluding hydrogens is 270 g/mol. The number of rotatable bonds is 7. The van der Waals surface area contributed by atoms with Gasteiger partial charge in [-0.25, -0.2) is 4.79 Å². The third-order valence-electron chi connectivity index (χ3n) is 3.10. The van der Waals surface area contributed by atoms with Crippen LogP contribution in [0.3, 0.4) is 0 Å². The molecule has 0 bridgehead atoms. The molecule has 1 atom stereocenters. The standard InChI is InChI=1S/C15H25N3O3/c1-5-6-11(4)17-14(19)9-21-15(20)13-7-12(16)8-18(13)10(2)3/h7-8,10-11H,5-6,9,16H2,1-4H3,(H,17,19). The lowest BCUT2D eigenvalue weighted by Gasteiger charge is -2.14. The second-order valence-corrected chi connectivity index (χ2v) is 5.49. The number of hydrogen-bond donors (Lipinski definition) is 2. The van der Waals surface area contributed by atoms with Gasteiger partial charge in [0.15, 0.2) is 6.61 Å². The minimum Gasteiger partial charge on any atom is -0.451 e. The molecule has 1 aromatic rings. The van der Waals surface area contributed by atoms with Crippen LogP contribution in [0.2, 0.25) is 0 Å². The number of ether oxygens (including phenoxy) is 1. The molecule has 0 aliphatic rings. The van der Waals surface area contributed by atoms with Crippen molar-refractivity contribution in [2.75, 3.05) is 12.3 Å². The second-order valence-electron chi connectivity index (χ2n) is 5.49. The molecule has 1 amide bonds. The monoisotopic (exact) mass is 295 g/mol. The number of nitrogens with one attached hydrogen (secondary N) is 1. The molecule has 0 spiro atoms. The molecule has 0 radical (unpaired) electrons. The van der Waals surface area contributed by atoms with Crippen LogP contribution in [0.1, 0.15) is 57.1 Å². The Morgan fingerprint density at radius 3 is 2.62 bits per heavy atom. The number of anilines is 1. The molecule has 1 aromatic heterocycles. The molecule has 21 heavy (non-hydrogen) atoms. The van der Waals surface area contributed by atoms with Crippen molar-refractivity contribution >= 4 is 17.6 Å². The molecule has 118 valence electrons. The number of carbonyl (C=O) groups excluding carboxylic acids is 2. The highest BCUT2D eigenvalue weighted by atomic mass is 16.5. The lowest BCUT2D eigenvalue weighted by molar-refractivity contribution is -0.124. The average Bonchev–Trinajstić information content (AvgIpc) is 2.78. The molecule has 0 saturated carbocycles. The molecule has 0 aliphatic heterocycles. The fourth-order valence-electron chi connectivity index (χ4n) is 2.12. The minimum absolute atomic E-state index is 0.0800. The van der Waals surface area contributed by atoms with Gasteiger partial charge in [-0.2, -0.15) is 0 Å². The van der Waals surface area contributed by atoms with E-state index >= 15 is 0 Å². The molecule has 1 unspecified atom stereocenters. The maximum absolute atomic E-state index is 12.0. The van der Waals surface area contributed by atoms with E-state index in [1.807, 2.05) is 27.7 Å². The summed E-state index contributed by atoms with van der Waals surface area (Å²) in [6.45, 7) is 7.57. The summed E-state index contributed by atoms with van der Waals surface area (Å²) in [4.78, 5) is 23.7. The van der Waals surface area contributed by atoms with Crippen molar-refractivity contribution in [3.05, 3.63) is 18.0 Å². The minimum atomic E-state index is -0.543. The Balaban J connectivity index is 2.56. The third kappa shape index (κ3) is 5.13. The number of aromatic nitrogens is 1. The summed E-state index contributed by atoms with van der Waals surface area (Å²) in [6, 6.07) is 1.72. The number of nitrogens with two attached hydrogens (primary N) is 1. The van der Waals surface area contributed by atoms with E-state index in [1.165, 1.54) is 0 Å². The quantitative estimate of drug-likeness (QED) is 0.754. The molecule has 0 fully saturated rings. The highest BCUT2D eigenvalue weighted by molar-refractivity contribution is 5.91. The first-order valence-electron chi connectivity index (χ1n) is 7.29. The number of nitrogens with zero attached hydrogens (tertiary/aromatic N) is 1. The Kier molecular flexibility index (Phi) is 6.27. The zero-order chi connectivity index (χ0) is 16.0. The van der Waals surface area contributed by atoms with Crippen LogP contribution in [0.25, 0.3) is 0 Å². The van der Waals surface area contributed by atoms with E-state index in [-0.39, 0.29) is 24.6 Å². The van der Waals surface area contributed by atoms with Crippen molar-refractivity contribution in [1.82, 2.24) is 9.88 Å². The van der Waals surface area contributed by atoms with Gasteiger partial charge >= 0.3 is 5.97 Å². The van der Waals surface area contributed by atoms with Crippen LogP contribution in [0.15, 0.2) is 12.3 Å². The first-order chi connectivity index (χ1) is 9.85. The van der Waals surface area contributed by atoms with Crippen molar-refractivity contribution in [1.29, 1.82) is 0 Å². The summed E-state index contributed by atoms with van der Waals surface area (Å²) in [7, 11) is 0. The topological polar surface area (TPSA) is 86.3 Å². The van der Waals surface area contributed by atoms with Crippen molar-refractivity contribution in [3.8, 4) is 0 Å². The van der Waals surface area contributed by atoms with Gasteiger partial charge in [0, 0.05) is 18.3 Å². The van der Waals surface area contributed by atoms with E-state index < -0.39 is 5.97 Å². The Labute approximate surface area is 125 Å². The van der Waals surface area contributed by atoms with E-state index in [0.29, 0.717) is 11.4 Å². The summed E-state index contributed by atoms with van der Waals surface area (Å²) < 4.78 is 6.78. The normalized spacial score (nSPS) is 12.2. The molecule has 0 aliphatic carbocycles. The van der Waals surface area contributed by atoms with Crippen LogP contribution in [-0.2, 0) is 9.53 Å². The molecule has 0 saturated heterocycles. The van der Waals surface area contributed by atoms with Crippen LogP contribution in [0.5, 0.6) is 0 Å². The highest BCUT2D eigenvalue weighted by Gasteiger charge is 2.17. The van der Waals surface area contributed by atoms with Gasteiger partial charge < -0.3 is 20.4 Å². The van der Waals surface area contributed by atoms with Crippen molar-refractivity contribution < 1.29 is 14.3 Å². The summed E-state index contributed by atoms with van der Waals surface area (Å²) in [5.74, 6) is -0.835. The summed E-state index contributed by atoms with van der Waals surface area (Å²) in [5.41, 5.74) is 6.56. The number of carbonyl (C=O) groups is 2. The lowest BCUT2D eigenvalue weighted by atomic mass is 10.2. The number of hydrogen-bond acceptors (Lipinski definition) is 4. The van der Waals surface area contributed by atoms with Crippen molar-refractivity contribution in [3.63, 3.8) is 0 Å². The zero-order valence-electron chi connectivity index (χ0n) is 13.2. The van der Waals surface area contributed by atoms with E-state index in [0.717, 1.165) is 12.8 Å². The summed E-state index contributed by atoms with van der Waals surface area (Å²) in [6.07, 6.45) is 3.57. The first kappa shape index (κ1) is 17.1. The predicted octanol–water partition coefficient (Wildman–Crippen LogP) is 2.11. The number of amides is 1. The van der Waals surface area contributed by atoms with Gasteiger partial charge in [-0.1, -0.05) is 13.3 Å². The Hall–Kier alpha value is -1.98. The number of esters is 1. The highest BCUT2D eigenvalue weighted by Crippen LogP contribution is 2.17. The van der Waals surface area contributed by atoms with Gasteiger partial charge in [-0.3, -0.25) is 4.79 Å². The van der Waals surface area contributed by atoms with Crippen LogP contribution >= 0.6 is 0 Å². The largest absolute Gasteiger partial charge is 0.451 e.